The zero-order chi connectivity index (χ0) is 16.5. The van der Waals surface area contributed by atoms with Crippen LogP contribution in [0.2, 0.25) is 0 Å². The number of amides is 1. The highest BCUT2D eigenvalue weighted by atomic mass is 16.2. The molecule has 0 bridgehead atoms. The van der Waals surface area contributed by atoms with E-state index in [0.29, 0.717) is 13.0 Å². The molecule has 4 rings (SSSR count). The van der Waals surface area contributed by atoms with E-state index in [1.165, 1.54) is 27.7 Å². The molecule has 0 spiro atoms. The predicted molar refractivity (Wildman–Crippen MR) is 96.9 cm³/mol. The quantitative estimate of drug-likeness (QED) is 0.770. The number of benzene rings is 2. The zero-order valence-electron chi connectivity index (χ0n) is 14.0. The molecule has 2 heterocycles. The first-order chi connectivity index (χ1) is 11.7. The summed E-state index contributed by atoms with van der Waals surface area (Å²) in [5.74, 6) is 0.499. The first-order valence-electron chi connectivity index (χ1n) is 8.63. The molecule has 0 fully saturated rings. The molecule has 1 amide bonds. The Morgan fingerprint density at radius 1 is 1.12 bits per heavy atom. The number of aromatic amines is 1. The molecule has 0 radical (unpaired) electrons. The number of nitrogens with zero attached hydrogens (tertiary/aromatic N) is 1. The van der Waals surface area contributed by atoms with Crippen LogP contribution in [0.25, 0.3) is 10.9 Å². The third-order valence-corrected chi connectivity index (χ3v) is 5.08. The summed E-state index contributed by atoms with van der Waals surface area (Å²) >= 11 is 0. The maximum Gasteiger partial charge on any atom is 0.223 e. The molecule has 1 aliphatic heterocycles. The van der Waals surface area contributed by atoms with Gasteiger partial charge >= 0.3 is 0 Å². The second kappa shape index (κ2) is 6.16. The Hall–Kier alpha value is -2.55. The standard InChI is InChI=1S/C21H22N2O/c1-15(16-7-3-2-4-8-16)13-21(24)23-12-11-18-17-9-5-6-10-19(17)22-20(18)14-23/h2-10,15,22H,11-14H2,1H3. The molecule has 0 saturated heterocycles. The van der Waals surface area contributed by atoms with Crippen molar-refractivity contribution in [2.45, 2.75) is 32.2 Å². The minimum atomic E-state index is 0.246. The van der Waals surface area contributed by atoms with Gasteiger partial charge in [-0.3, -0.25) is 4.79 Å². The van der Waals surface area contributed by atoms with Crippen LogP contribution >= 0.6 is 0 Å². The van der Waals surface area contributed by atoms with Crippen molar-refractivity contribution in [3.63, 3.8) is 0 Å². The van der Waals surface area contributed by atoms with Crippen LogP contribution < -0.4 is 0 Å². The molecule has 1 atom stereocenters. The number of carbonyl (C=O) groups excluding carboxylic acids is 1. The van der Waals surface area contributed by atoms with Crippen molar-refractivity contribution in [2.75, 3.05) is 6.54 Å². The van der Waals surface area contributed by atoms with Gasteiger partial charge in [-0.2, -0.15) is 0 Å². The summed E-state index contributed by atoms with van der Waals surface area (Å²) in [4.78, 5) is 18.2. The van der Waals surface area contributed by atoms with Crippen molar-refractivity contribution in [1.82, 2.24) is 9.88 Å². The van der Waals surface area contributed by atoms with Crippen LogP contribution in [0.3, 0.4) is 0 Å². The normalized spacial score (nSPS) is 15.3. The van der Waals surface area contributed by atoms with Gasteiger partial charge in [-0.15, -0.1) is 0 Å². The van der Waals surface area contributed by atoms with E-state index in [1.807, 2.05) is 23.1 Å². The lowest BCUT2D eigenvalue weighted by Crippen LogP contribution is -2.36. The summed E-state index contributed by atoms with van der Waals surface area (Å²) in [7, 11) is 0. The maximum absolute atomic E-state index is 12.7. The lowest BCUT2D eigenvalue weighted by Gasteiger charge is -2.28. The molecular weight excluding hydrogens is 296 g/mol. The van der Waals surface area contributed by atoms with E-state index < -0.39 is 0 Å². The molecule has 1 N–H and O–H groups in total. The van der Waals surface area contributed by atoms with Crippen LogP contribution in [-0.4, -0.2) is 22.3 Å². The van der Waals surface area contributed by atoms with Gasteiger partial charge in [-0.1, -0.05) is 55.5 Å². The number of para-hydroxylation sites is 1. The van der Waals surface area contributed by atoms with Crippen molar-refractivity contribution in [1.29, 1.82) is 0 Å². The number of hydrogen-bond acceptors (Lipinski definition) is 1. The largest absolute Gasteiger partial charge is 0.357 e. The average molecular weight is 318 g/mol. The SMILES string of the molecule is CC(CC(=O)N1CCc2c([nH]c3ccccc23)C1)c1ccccc1. The van der Waals surface area contributed by atoms with Crippen molar-refractivity contribution in [2.24, 2.45) is 0 Å². The third kappa shape index (κ3) is 2.71. The Morgan fingerprint density at radius 2 is 1.88 bits per heavy atom. The molecular formula is C21H22N2O. The summed E-state index contributed by atoms with van der Waals surface area (Å²) in [6, 6.07) is 18.7. The second-order valence-corrected chi connectivity index (χ2v) is 6.71. The van der Waals surface area contributed by atoms with Crippen molar-refractivity contribution >= 4 is 16.8 Å². The highest BCUT2D eigenvalue weighted by Crippen LogP contribution is 2.28. The van der Waals surface area contributed by atoms with E-state index in [4.69, 9.17) is 0 Å². The zero-order valence-corrected chi connectivity index (χ0v) is 14.0. The fourth-order valence-corrected chi connectivity index (χ4v) is 3.70. The lowest BCUT2D eigenvalue weighted by molar-refractivity contribution is -0.132. The smallest absolute Gasteiger partial charge is 0.223 e. The average Bonchev–Trinajstić information content (AvgIpc) is 3.00. The summed E-state index contributed by atoms with van der Waals surface area (Å²) < 4.78 is 0. The lowest BCUT2D eigenvalue weighted by atomic mass is 9.96. The van der Waals surface area contributed by atoms with Gasteiger partial charge in [0.15, 0.2) is 0 Å². The molecule has 0 saturated carbocycles. The molecule has 24 heavy (non-hydrogen) atoms. The first kappa shape index (κ1) is 15.0. The van der Waals surface area contributed by atoms with Crippen LogP contribution in [-0.2, 0) is 17.8 Å². The van der Waals surface area contributed by atoms with E-state index in [9.17, 15) is 4.79 Å². The van der Waals surface area contributed by atoms with Gasteiger partial charge in [-0.05, 0) is 29.5 Å². The number of hydrogen-bond donors (Lipinski definition) is 1. The minimum absolute atomic E-state index is 0.246. The van der Waals surface area contributed by atoms with Gasteiger partial charge in [0.25, 0.3) is 0 Å². The number of fused-ring (bicyclic) bond motifs is 3. The summed E-state index contributed by atoms with van der Waals surface area (Å²) in [6.45, 7) is 3.64. The Balaban J connectivity index is 1.49. The van der Waals surface area contributed by atoms with E-state index in [1.54, 1.807) is 0 Å². The third-order valence-electron chi connectivity index (χ3n) is 5.08. The van der Waals surface area contributed by atoms with E-state index in [2.05, 4.69) is 48.3 Å². The van der Waals surface area contributed by atoms with Gasteiger partial charge in [0, 0.05) is 29.6 Å². The molecule has 3 nitrogen and oxygen atoms in total. The first-order valence-corrected chi connectivity index (χ1v) is 8.63. The van der Waals surface area contributed by atoms with Gasteiger partial charge in [-0.25, -0.2) is 0 Å². The van der Waals surface area contributed by atoms with E-state index >= 15 is 0 Å². The number of carbonyl (C=O) groups is 1. The molecule has 3 aromatic rings. The highest BCUT2D eigenvalue weighted by molar-refractivity contribution is 5.85. The molecule has 1 aliphatic rings. The van der Waals surface area contributed by atoms with Crippen molar-refractivity contribution in [3.8, 4) is 0 Å². The molecule has 2 aromatic carbocycles. The maximum atomic E-state index is 12.7. The summed E-state index contributed by atoms with van der Waals surface area (Å²) in [5.41, 5.74) is 4.98. The van der Waals surface area contributed by atoms with Gasteiger partial charge in [0.05, 0.1) is 6.54 Å². The van der Waals surface area contributed by atoms with Gasteiger partial charge < -0.3 is 9.88 Å². The molecule has 122 valence electrons. The van der Waals surface area contributed by atoms with E-state index in [-0.39, 0.29) is 11.8 Å². The fourth-order valence-electron chi connectivity index (χ4n) is 3.70. The van der Waals surface area contributed by atoms with Crippen LogP contribution in [0.5, 0.6) is 0 Å². The number of nitrogens with one attached hydrogen (secondary N) is 1. The fraction of sp³-hybridized carbons (Fsp3) is 0.286. The van der Waals surface area contributed by atoms with Crippen LogP contribution in [0.15, 0.2) is 54.6 Å². The summed E-state index contributed by atoms with van der Waals surface area (Å²) in [5, 5.41) is 1.30. The number of aromatic nitrogens is 1. The molecule has 1 aromatic heterocycles. The monoisotopic (exact) mass is 318 g/mol. The minimum Gasteiger partial charge on any atom is -0.357 e. The predicted octanol–water partition coefficient (Wildman–Crippen LogP) is 4.25. The highest BCUT2D eigenvalue weighted by Gasteiger charge is 2.24. The van der Waals surface area contributed by atoms with Crippen LogP contribution in [0.4, 0.5) is 0 Å². The van der Waals surface area contributed by atoms with E-state index in [0.717, 1.165) is 13.0 Å². The number of H-pyrrole nitrogens is 1. The Labute approximate surface area is 142 Å². The topological polar surface area (TPSA) is 36.1 Å². The second-order valence-electron chi connectivity index (χ2n) is 6.71. The molecule has 0 aliphatic carbocycles. The van der Waals surface area contributed by atoms with Crippen LogP contribution in [0.1, 0.15) is 36.1 Å². The Kier molecular flexibility index (Phi) is 3.85. The summed E-state index contributed by atoms with van der Waals surface area (Å²) in [6.07, 6.45) is 1.50. The number of rotatable bonds is 3. The van der Waals surface area contributed by atoms with Crippen LogP contribution in [0, 0.1) is 0 Å². The molecule has 3 heteroatoms. The van der Waals surface area contributed by atoms with Crippen molar-refractivity contribution < 1.29 is 4.79 Å². The van der Waals surface area contributed by atoms with Gasteiger partial charge in [0.2, 0.25) is 5.91 Å². The van der Waals surface area contributed by atoms with Gasteiger partial charge in [0.1, 0.15) is 0 Å². The molecule has 1 unspecified atom stereocenters. The Bertz CT molecular complexity index is 866. The Morgan fingerprint density at radius 3 is 2.71 bits per heavy atom. The van der Waals surface area contributed by atoms with Crippen molar-refractivity contribution in [3.05, 3.63) is 71.4 Å².